The number of ketones is 1. The van der Waals surface area contributed by atoms with Gasteiger partial charge in [0, 0.05) is 25.5 Å². The van der Waals surface area contributed by atoms with Crippen molar-refractivity contribution in [3.63, 3.8) is 0 Å². The van der Waals surface area contributed by atoms with Crippen LogP contribution in [-0.2, 0) is 18.3 Å². The van der Waals surface area contributed by atoms with Gasteiger partial charge in [0.15, 0.2) is 0 Å². The highest BCUT2D eigenvalue weighted by molar-refractivity contribution is 7.20. The molecule has 0 saturated heterocycles. The van der Waals surface area contributed by atoms with E-state index < -0.39 is 0 Å². The molecule has 0 aliphatic carbocycles. The van der Waals surface area contributed by atoms with Gasteiger partial charge in [-0.15, -0.1) is 11.3 Å². The lowest BCUT2D eigenvalue weighted by molar-refractivity contribution is -0.111. The summed E-state index contributed by atoms with van der Waals surface area (Å²) in [5, 5.41) is 7.29. The SMILES string of the molecule is C=CC(=O)Nc1cn(C)nc1Cc1ncc2sc(C(=O)c3c(Cl)c(OC)cc(OC)c3Cl)cc2n1. The average molecular weight is 532 g/mol. The van der Waals surface area contributed by atoms with Crippen LogP contribution in [0, 0.1) is 0 Å². The maximum atomic E-state index is 13.4. The number of fused-ring (bicyclic) bond motifs is 1. The van der Waals surface area contributed by atoms with Crippen LogP contribution in [0.15, 0.2) is 37.2 Å². The molecule has 0 unspecified atom stereocenters. The number of anilines is 1. The minimum atomic E-state index is -0.388. The highest BCUT2D eigenvalue weighted by Gasteiger charge is 2.25. The molecule has 9 nitrogen and oxygen atoms in total. The molecule has 3 heterocycles. The Bertz CT molecular complexity index is 1450. The summed E-state index contributed by atoms with van der Waals surface area (Å²) in [6.45, 7) is 3.46. The summed E-state index contributed by atoms with van der Waals surface area (Å²) in [7, 11) is 4.63. The molecular weight excluding hydrogens is 513 g/mol. The van der Waals surface area contributed by atoms with E-state index in [4.69, 9.17) is 32.7 Å². The normalized spacial score (nSPS) is 10.9. The summed E-state index contributed by atoms with van der Waals surface area (Å²) in [6.07, 6.45) is 4.78. The van der Waals surface area contributed by atoms with Crippen LogP contribution in [0.25, 0.3) is 10.2 Å². The smallest absolute Gasteiger partial charge is 0.247 e. The number of hydrogen-bond acceptors (Lipinski definition) is 8. The quantitative estimate of drug-likeness (QED) is 0.259. The molecule has 4 rings (SSSR count). The van der Waals surface area contributed by atoms with E-state index in [1.54, 1.807) is 30.2 Å². The molecule has 1 amide bonds. The molecule has 0 atom stereocenters. The number of benzene rings is 1. The second-order valence-electron chi connectivity index (χ2n) is 7.29. The predicted octanol–water partition coefficient (Wildman–Crippen LogP) is 4.70. The zero-order valence-corrected chi connectivity index (χ0v) is 21.2. The molecule has 1 aromatic carbocycles. The molecule has 0 radical (unpaired) electrons. The van der Waals surface area contributed by atoms with Crippen molar-refractivity contribution < 1.29 is 19.1 Å². The minimum Gasteiger partial charge on any atom is -0.495 e. The Morgan fingerprint density at radius 3 is 2.51 bits per heavy atom. The van der Waals surface area contributed by atoms with E-state index in [0.717, 1.165) is 0 Å². The lowest BCUT2D eigenvalue weighted by atomic mass is 10.1. The first-order valence-corrected chi connectivity index (χ1v) is 11.7. The first kappa shape index (κ1) is 24.6. The predicted molar refractivity (Wildman–Crippen MR) is 135 cm³/mol. The summed E-state index contributed by atoms with van der Waals surface area (Å²) in [5.41, 5.74) is 1.80. The number of thiophene rings is 1. The molecule has 180 valence electrons. The number of halogens is 2. The number of methoxy groups -OCH3 is 2. The van der Waals surface area contributed by atoms with Crippen molar-refractivity contribution in [1.29, 1.82) is 0 Å². The summed E-state index contributed by atoms with van der Waals surface area (Å²) in [4.78, 5) is 34.4. The first-order chi connectivity index (χ1) is 16.7. The van der Waals surface area contributed by atoms with E-state index in [1.807, 2.05) is 0 Å². The van der Waals surface area contributed by atoms with Gasteiger partial charge in [-0.25, -0.2) is 9.97 Å². The van der Waals surface area contributed by atoms with Gasteiger partial charge in [0.25, 0.3) is 0 Å². The summed E-state index contributed by atoms with van der Waals surface area (Å²) < 4.78 is 12.8. The number of aromatic nitrogens is 4. The number of carbonyl (C=O) groups excluding carboxylic acids is 2. The van der Waals surface area contributed by atoms with Gasteiger partial charge in [0.1, 0.15) is 17.3 Å². The van der Waals surface area contributed by atoms with Crippen LogP contribution in [-0.4, -0.2) is 45.7 Å². The number of amides is 1. The number of carbonyl (C=O) groups is 2. The van der Waals surface area contributed by atoms with Gasteiger partial charge in [-0.05, 0) is 12.1 Å². The maximum absolute atomic E-state index is 13.4. The van der Waals surface area contributed by atoms with Gasteiger partial charge in [0.05, 0.1) is 62.7 Å². The van der Waals surface area contributed by atoms with E-state index >= 15 is 0 Å². The molecule has 1 N–H and O–H groups in total. The third-order valence-electron chi connectivity index (χ3n) is 5.02. The fourth-order valence-corrected chi connectivity index (χ4v) is 4.97. The van der Waals surface area contributed by atoms with Gasteiger partial charge in [-0.3, -0.25) is 14.3 Å². The maximum Gasteiger partial charge on any atom is 0.247 e. The van der Waals surface area contributed by atoms with Crippen LogP contribution >= 0.6 is 34.5 Å². The molecule has 0 saturated carbocycles. The van der Waals surface area contributed by atoms with Crippen molar-refractivity contribution in [3.05, 3.63) is 69.2 Å². The van der Waals surface area contributed by atoms with E-state index in [-0.39, 0.29) is 45.2 Å². The molecule has 0 aliphatic rings. The first-order valence-electron chi connectivity index (χ1n) is 10.1. The van der Waals surface area contributed by atoms with Crippen molar-refractivity contribution in [2.75, 3.05) is 19.5 Å². The Balaban J connectivity index is 1.68. The Morgan fingerprint density at radius 2 is 1.89 bits per heavy atom. The summed E-state index contributed by atoms with van der Waals surface area (Å²) >= 11 is 14.0. The van der Waals surface area contributed by atoms with Gasteiger partial charge < -0.3 is 14.8 Å². The van der Waals surface area contributed by atoms with Crippen molar-refractivity contribution in [3.8, 4) is 11.5 Å². The third-order valence-corrected chi connectivity index (χ3v) is 6.83. The van der Waals surface area contributed by atoms with Crippen LogP contribution in [0.4, 0.5) is 5.69 Å². The zero-order valence-electron chi connectivity index (χ0n) is 18.9. The van der Waals surface area contributed by atoms with Crippen LogP contribution in [0.5, 0.6) is 11.5 Å². The lowest BCUT2D eigenvalue weighted by Gasteiger charge is -2.13. The molecule has 3 aromatic heterocycles. The van der Waals surface area contributed by atoms with E-state index in [0.29, 0.717) is 32.3 Å². The second kappa shape index (κ2) is 10.0. The van der Waals surface area contributed by atoms with Crippen molar-refractivity contribution in [2.45, 2.75) is 6.42 Å². The number of ether oxygens (including phenoxy) is 2. The number of nitrogens with zero attached hydrogens (tertiary/aromatic N) is 4. The van der Waals surface area contributed by atoms with Crippen LogP contribution < -0.4 is 14.8 Å². The van der Waals surface area contributed by atoms with Gasteiger partial charge in [-0.1, -0.05) is 29.8 Å². The molecular formula is C23H19Cl2N5O4S. The highest BCUT2D eigenvalue weighted by Crippen LogP contribution is 2.42. The van der Waals surface area contributed by atoms with E-state index in [2.05, 4.69) is 27.0 Å². The zero-order chi connectivity index (χ0) is 25.3. The van der Waals surface area contributed by atoms with Crippen molar-refractivity contribution in [1.82, 2.24) is 19.7 Å². The Morgan fingerprint density at radius 1 is 1.20 bits per heavy atom. The standard InChI is InChI=1S/C23H19Cl2N5O4S/c1-5-19(31)28-13-10-30(2)29-11(13)7-18-26-9-17-12(27-18)6-16(35-17)23(32)20-21(24)14(33-3)8-15(34-4)22(20)25/h5-6,8-10H,1,7H2,2-4H3,(H,28,31). The highest BCUT2D eigenvalue weighted by atomic mass is 35.5. The van der Waals surface area contributed by atoms with Gasteiger partial charge in [-0.2, -0.15) is 5.10 Å². The number of aryl methyl sites for hydroxylation is 1. The van der Waals surface area contributed by atoms with Crippen LogP contribution in [0.1, 0.15) is 26.8 Å². The number of nitrogens with one attached hydrogen (secondary N) is 1. The Labute approximate surface area is 214 Å². The molecule has 0 spiro atoms. The minimum absolute atomic E-state index is 0.0837. The van der Waals surface area contributed by atoms with E-state index in [9.17, 15) is 9.59 Å². The summed E-state index contributed by atoms with van der Waals surface area (Å²) in [6, 6.07) is 3.18. The molecule has 0 bridgehead atoms. The fraction of sp³-hybridized carbons (Fsp3) is 0.174. The monoisotopic (exact) mass is 531 g/mol. The fourth-order valence-electron chi connectivity index (χ4n) is 3.38. The molecule has 35 heavy (non-hydrogen) atoms. The Hall–Kier alpha value is -3.47. The number of hydrogen-bond donors (Lipinski definition) is 1. The molecule has 0 fully saturated rings. The van der Waals surface area contributed by atoms with Crippen LogP contribution in [0.2, 0.25) is 10.0 Å². The largest absolute Gasteiger partial charge is 0.495 e. The van der Waals surface area contributed by atoms with Gasteiger partial charge >= 0.3 is 0 Å². The Kier molecular flexibility index (Phi) is 7.06. The van der Waals surface area contributed by atoms with Crippen molar-refractivity contribution in [2.24, 2.45) is 7.05 Å². The van der Waals surface area contributed by atoms with Gasteiger partial charge in [0.2, 0.25) is 11.7 Å². The van der Waals surface area contributed by atoms with Crippen molar-refractivity contribution >= 4 is 62.1 Å². The lowest BCUT2D eigenvalue weighted by Crippen LogP contribution is -2.09. The van der Waals surface area contributed by atoms with E-state index in [1.165, 1.54) is 37.7 Å². The second-order valence-corrected chi connectivity index (χ2v) is 9.13. The summed E-state index contributed by atoms with van der Waals surface area (Å²) in [5.74, 6) is 0.286. The molecule has 12 heteroatoms. The van der Waals surface area contributed by atoms with Crippen LogP contribution in [0.3, 0.4) is 0 Å². The number of rotatable bonds is 8. The average Bonchev–Trinajstić information content (AvgIpc) is 3.41. The molecule has 0 aliphatic heterocycles. The topological polar surface area (TPSA) is 108 Å². The molecule has 4 aromatic rings. The third kappa shape index (κ3) is 4.86.